The second-order valence-electron chi connectivity index (χ2n) is 3.43. The van der Waals surface area contributed by atoms with Crippen LogP contribution in [0.25, 0.3) is 11.4 Å². The zero-order valence-electron chi connectivity index (χ0n) is 9.32. The molecule has 0 bridgehead atoms. The van der Waals surface area contributed by atoms with Crippen molar-refractivity contribution in [1.82, 2.24) is 9.97 Å². The van der Waals surface area contributed by atoms with Crippen LogP contribution in [0.5, 0.6) is 0 Å². The summed E-state index contributed by atoms with van der Waals surface area (Å²) >= 11 is 0. The molecule has 0 aromatic carbocycles. The van der Waals surface area contributed by atoms with Gasteiger partial charge in [0.25, 0.3) is 0 Å². The van der Waals surface area contributed by atoms with Gasteiger partial charge in [0.1, 0.15) is 0 Å². The molecule has 2 heterocycles. The molecule has 0 saturated carbocycles. The topological polar surface area (TPSA) is 106 Å². The van der Waals surface area contributed by atoms with Gasteiger partial charge < -0.3 is 19.8 Å². The van der Waals surface area contributed by atoms with Crippen molar-refractivity contribution >= 4 is 11.9 Å². The first kappa shape index (κ1) is 14.8. The Morgan fingerprint density at radius 2 is 1.21 bits per heavy atom. The van der Waals surface area contributed by atoms with Gasteiger partial charge >= 0.3 is 16.8 Å². The van der Waals surface area contributed by atoms with Gasteiger partial charge in [0, 0.05) is 23.5 Å². The van der Waals surface area contributed by atoms with Crippen molar-refractivity contribution in [2.24, 2.45) is 0 Å². The molecular formula is C12H6CoN2O4. The van der Waals surface area contributed by atoms with Crippen LogP contribution in [0.1, 0.15) is 20.7 Å². The molecule has 7 heteroatoms. The minimum absolute atomic E-state index is 0. The number of pyridine rings is 2. The van der Waals surface area contributed by atoms with Crippen molar-refractivity contribution in [2.75, 3.05) is 0 Å². The average Bonchev–Trinajstić information content (AvgIpc) is 2.39. The predicted molar refractivity (Wildman–Crippen MR) is 56.1 cm³/mol. The third-order valence-corrected chi connectivity index (χ3v) is 2.25. The van der Waals surface area contributed by atoms with Crippen LogP contribution in [0.2, 0.25) is 0 Å². The van der Waals surface area contributed by atoms with E-state index in [-0.39, 0.29) is 39.3 Å². The second-order valence-corrected chi connectivity index (χ2v) is 3.43. The Labute approximate surface area is 118 Å². The summed E-state index contributed by atoms with van der Waals surface area (Å²) in [5.41, 5.74) is 0.390. The number of carbonyl (C=O) groups excluding carboxylic acids is 2. The standard InChI is InChI=1S/C12H8N2O4.Co/c15-11(16)7-1-3-13-9(5-7)10-6-8(12(17)18)2-4-14-10;/h1-6H,(H,15,16)(H,17,18);/q;+2/p-2. The van der Waals surface area contributed by atoms with Crippen LogP contribution in [0.3, 0.4) is 0 Å². The number of nitrogens with zero attached hydrogens (tertiary/aromatic N) is 2. The number of aromatic carboxylic acids is 2. The Morgan fingerprint density at radius 1 is 0.842 bits per heavy atom. The van der Waals surface area contributed by atoms with Crippen molar-refractivity contribution in [3.8, 4) is 11.4 Å². The average molecular weight is 301 g/mol. The van der Waals surface area contributed by atoms with E-state index in [1.54, 1.807) is 0 Å². The Morgan fingerprint density at radius 3 is 1.53 bits per heavy atom. The molecule has 0 fully saturated rings. The van der Waals surface area contributed by atoms with E-state index >= 15 is 0 Å². The van der Waals surface area contributed by atoms with Crippen LogP contribution in [-0.2, 0) is 16.8 Å². The van der Waals surface area contributed by atoms with Crippen molar-refractivity contribution in [3.63, 3.8) is 0 Å². The van der Waals surface area contributed by atoms with Crippen LogP contribution in [-0.4, -0.2) is 21.9 Å². The smallest absolute Gasteiger partial charge is 0.545 e. The zero-order chi connectivity index (χ0) is 13.1. The minimum Gasteiger partial charge on any atom is -0.545 e. The third kappa shape index (κ3) is 3.36. The zero-order valence-corrected chi connectivity index (χ0v) is 10.4. The summed E-state index contributed by atoms with van der Waals surface area (Å²) in [5, 5.41) is 21.4. The van der Waals surface area contributed by atoms with Gasteiger partial charge in [0.15, 0.2) is 0 Å². The van der Waals surface area contributed by atoms with E-state index in [9.17, 15) is 19.8 Å². The minimum atomic E-state index is -1.34. The summed E-state index contributed by atoms with van der Waals surface area (Å²) in [5.74, 6) is -2.68. The largest absolute Gasteiger partial charge is 2.00 e. The molecule has 0 aliphatic rings. The first-order valence-corrected chi connectivity index (χ1v) is 4.93. The molecule has 19 heavy (non-hydrogen) atoms. The molecule has 0 aliphatic heterocycles. The molecule has 97 valence electrons. The normalized spacial score (nSPS) is 9.47. The van der Waals surface area contributed by atoms with E-state index in [4.69, 9.17) is 0 Å². The predicted octanol–water partition coefficient (Wildman–Crippen LogP) is -1.13. The maximum atomic E-state index is 10.7. The Bertz CT molecular complexity index is 575. The van der Waals surface area contributed by atoms with Crippen LogP contribution in [0.4, 0.5) is 0 Å². The SMILES string of the molecule is O=C([O-])c1ccnc(-c2cc(C(=O)[O-])ccn2)c1.[Co+2]. The van der Waals surface area contributed by atoms with Gasteiger partial charge in [-0.1, -0.05) is 0 Å². The van der Waals surface area contributed by atoms with Crippen LogP contribution in [0, 0.1) is 0 Å². The van der Waals surface area contributed by atoms with E-state index in [1.165, 1.54) is 36.7 Å². The molecule has 6 nitrogen and oxygen atoms in total. The van der Waals surface area contributed by atoms with Gasteiger partial charge in [0.2, 0.25) is 0 Å². The van der Waals surface area contributed by atoms with Gasteiger partial charge in [-0.3, -0.25) is 9.97 Å². The van der Waals surface area contributed by atoms with Crippen molar-refractivity contribution < 1.29 is 36.6 Å². The van der Waals surface area contributed by atoms with Gasteiger partial charge in [-0.25, -0.2) is 0 Å². The Kier molecular flexibility index (Phi) is 4.73. The van der Waals surface area contributed by atoms with E-state index < -0.39 is 11.9 Å². The number of carbonyl (C=O) groups is 2. The summed E-state index contributed by atoms with van der Waals surface area (Å²) in [4.78, 5) is 29.2. The van der Waals surface area contributed by atoms with Crippen LogP contribution >= 0.6 is 0 Å². The third-order valence-electron chi connectivity index (χ3n) is 2.25. The van der Waals surface area contributed by atoms with Gasteiger partial charge in [0.05, 0.1) is 23.3 Å². The molecule has 0 aliphatic carbocycles. The van der Waals surface area contributed by atoms with E-state index in [2.05, 4.69) is 9.97 Å². The van der Waals surface area contributed by atoms with Crippen molar-refractivity contribution in [3.05, 3.63) is 47.8 Å². The molecule has 0 amide bonds. The number of rotatable bonds is 3. The molecule has 1 radical (unpaired) electrons. The Hall–Kier alpha value is -2.25. The quantitative estimate of drug-likeness (QED) is 0.710. The Balaban J connectivity index is 0.00000180. The molecule has 2 aromatic rings. The van der Waals surface area contributed by atoms with Gasteiger partial charge in [-0.15, -0.1) is 0 Å². The van der Waals surface area contributed by atoms with E-state index in [0.717, 1.165) is 0 Å². The first-order chi connectivity index (χ1) is 8.58. The first-order valence-electron chi connectivity index (χ1n) is 4.93. The number of carboxylic acid groups (broad SMARTS) is 2. The fraction of sp³-hybridized carbons (Fsp3) is 0. The number of carboxylic acids is 2. The van der Waals surface area contributed by atoms with E-state index in [1.807, 2.05) is 0 Å². The fourth-order valence-electron chi connectivity index (χ4n) is 1.40. The molecule has 0 unspecified atom stereocenters. The molecule has 2 aromatic heterocycles. The number of hydrogen-bond donors (Lipinski definition) is 0. The molecule has 0 saturated heterocycles. The fourth-order valence-corrected chi connectivity index (χ4v) is 1.40. The maximum absolute atomic E-state index is 10.7. The summed E-state index contributed by atoms with van der Waals surface area (Å²) in [6.45, 7) is 0. The van der Waals surface area contributed by atoms with E-state index in [0.29, 0.717) is 0 Å². The van der Waals surface area contributed by atoms with Crippen LogP contribution in [0.15, 0.2) is 36.7 Å². The monoisotopic (exact) mass is 301 g/mol. The summed E-state index contributed by atoms with van der Waals surface area (Å²) in [7, 11) is 0. The summed E-state index contributed by atoms with van der Waals surface area (Å²) < 4.78 is 0. The molecule has 0 spiro atoms. The van der Waals surface area contributed by atoms with Crippen molar-refractivity contribution in [2.45, 2.75) is 0 Å². The molecule has 0 atom stereocenters. The summed E-state index contributed by atoms with van der Waals surface area (Å²) in [6, 6.07) is 5.08. The van der Waals surface area contributed by atoms with Gasteiger partial charge in [-0.05, 0) is 24.3 Å². The molecule has 0 N–H and O–H groups in total. The number of hydrogen-bond acceptors (Lipinski definition) is 6. The number of aromatic nitrogens is 2. The maximum Gasteiger partial charge on any atom is 2.00 e. The summed E-state index contributed by atoms with van der Waals surface area (Å²) in [6.07, 6.45) is 2.57. The second kappa shape index (κ2) is 6.07. The van der Waals surface area contributed by atoms with Crippen LogP contribution < -0.4 is 10.2 Å². The van der Waals surface area contributed by atoms with Crippen molar-refractivity contribution in [1.29, 1.82) is 0 Å². The molecule has 2 rings (SSSR count). The molecular weight excluding hydrogens is 295 g/mol. The van der Waals surface area contributed by atoms with Gasteiger partial charge in [-0.2, -0.15) is 0 Å².